The molecule has 3 heteroatoms. The van der Waals surface area contributed by atoms with Crippen molar-refractivity contribution in [3.8, 4) is 5.75 Å². The summed E-state index contributed by atoms with van der Waals surface area (Å²) in [7, 11) is 0. The topological polar surface area (TPSA) is 35.2 Å². The van der Waals surface area contributed by atoms with Gasteiger partial charge in [0, 0.05) is 0 Å². The van der Waals surface area contributed by atoms with Crippen LogP contribution in [0, 0.1) is 13.8 Å². The minimum atomic E-state index is 0.531. The van der Waals surface area contributed by atoms with Gasteiger partial charge in [-0.3, -0.25) is 0 Å². The van der Waals surface area contributed by atoms with E-state index < -0.39 is 0 Å². The fraction of sp³-hybridized carbons (Fsp3) is 0.294. The highest BCUT2D eigenvalue weighted by molar-refractivity contribution is 6.32. The first-order valence-electron chi connectivity index (χ1n) is 6.77. The predicted molar refractivity (Wildman–Crippen MR) is 84.5 cm³/mol. The number of hydrogen-bond donors (Lipinski definition) is 1. The molecule has 2 rings (SSSR count). The maximum Gasteiger partial charge on any atom is 0.138 e. The molecule has 0 amide bonds. The van der Waals surface area contributed by atoms with E-state index in [1.165, 1.54) is 16.7 Å². The second-order valence-electron chi connectivity index (χ2n) is 5.02. The Morgan fingerprint density at radius 1 is 1.10 bits per heavy atom. The summed E-state index contributed by atoms with van der Waals surface area (Å²) in [4.78, 5) is 0. The van der Waals surface area contributed by atoms with Crippen molar-refractivity contribution in [1.82, 2.24) is 0 Å². The maximum absolute atomic E-state index is 6.24. The first kappa shape index (κ1) is 14.9. The summed E-state index contributed by atoms with van der Waals surface area (Å²) in [5.74, 6) is 0.716. The van der Waals surface area contributed by atoms with Crippen molar-refractivity contribution >= 4 is 11.6 Å². The molecule has 0 heterocycles. The number of rotatable bonds is 5. The highest BCUT2D eigenvalue weighted by Crippen LogP contribution is 2.27. The van der Waals surface area contributed by atoms with E-state index in [0.717, 1.165) is 12.0 Å². The highest BCUT2D eigenvalue weighted by atomic mass is 35.5. The molecule has 0 bridgehead atoms. The second kappa shape index (κ2) is 6.78. The maximum atomic E-state index is 6.24. The van der Waals surface area contributed by atoms with Crippen LogP contribution in [0.4, 0.5) is 0 Å². The number of aryl methyl sites for hydroxylation is 2. The average molecular weight is 290 g/mol. The van der Waals surface area contributed by atoms with Gasteiger partial charge in [-0.15, -0.1) is 0 Å². The molecule has 0 radical (unpaired) electrons. The van der Waals surface area contributed by atoms with Gasteiger partial charge in [-0.05, 0) is 55.6 Å². The van der Waals surface area contributed by atoms with Crippen molar-refractivity contribution in [2.75, 3.05) is 6.54 Å². The second-order valence-corrected chi connectivity index (χ2v) is 5.43. The van der Waals surface area contributed by atoms with Crippen LogP contribution in [0.5, 0.6) is 5.75 Å². The summed E-state index contributed by atoms with van der Waals surface area (Å²) in [6.45, 7) is 5.32. The zero-order valence-corrected chi connectivity index (χ0v) is 12.7. The molecule has 0 unspecified atom stereocenters. The Kier molecular flexibility index (Phi) is 5.05. The van der Waals surface area contributed by atoms with Crippen LogP contribution in [-0.4, -0.2) is 6.54 Å². The van der Waals surface area contributed by atoms with E-state index in [-0.39, 0.29) is 0 Å². The number of ether oxygens (including phenoxy) is 1. The van der Waals surface area contributed by atoms with Crippen molar-refractivity contribution in [2.24, 2.45) is 5.73 Å². The lowest BCUT2D eigenvalue weighted by molar-refractivity contribution is 0.305. The van der Waals surface area contributed by atoms with Crippen molar-refractivity contribution in [1.29, 1.82) is 0 Å². The standard InChI is InChI=1S/C17H20ClNO/c1-12-3-4-13(2)15(9-12)11-20-17-6-5-14(7-8-19)10-16(17)18/h3-6,9-10H,7-8,11,19H2,1-2H3. The Morgan fingerprint density at radius 3 is 2.60 bits per heavy atom. The fourth-order valence-electron chi connectivity index (χ4n) is 2.09. The molecule has 2 aromatic carbocycles. The number of halogens is 1. The van der Waals surface area contributed by atoms with Gasteiger partial charge < -0.3 is 10.5 Å². The van der Waals surface area contributed by atoms with E-state index in [4.69, 9.17) is 22.1 Å². The van der Waals surface area contributed by atoms with Crippen LogP contribution < -0.4 is 10.5 Å². The van der Waals surface area contributed by atoms with Crippen LogP contribution in [-0.2, 0) is 13.0 Å². The molecule has 0 aromatic heterocycles. The van der Waals surface area contributed by atoms with Crippen LogP contribution in [0.3, 0.4) is 0 Å². The van der Waals surface area contributed by atoms with Gasteiger partial charge in [-0.25, -0.2) is 0 Å². The smallest absolute Gasteiger partial charge is 0.138 e. The number of hydrogen-bond acceptors (Lipinski definition) is 2. The van der Waals surface area contributed by atoms with Gasteiger partial charge in [0.2, 0.25) is 0 Å². The molecule has 0 aliphatic rings. The van der Waals surface area contributed by atoms with E-state index in [1.54, 1.807) is 0 Å². The fourth-order valence-corrected chi connectivity index (χ4v) is 2.35. The normalized spacial score (nSPS) is 10.6. The van der Waals surface area contributed by atoms with Gasteiger partial charge in [-0.2, -0.15) is 0 Å². The summed E-state index contributed by atoms with van der Waals surface area (Å²) in [6, 6.07) is 12.2. The van der Waals surface area contributed by atoms with Crippen LogP contribution in [0.15, 0.2) is 36.4 Å². The Balaban J connectivity index is 2.09. The molecule has 20 heavy (non-hydrogen) atoms. The minimum absolute atomic E-state index is 0.531. The van der Waals surface area contributed by atoms with Crippen molar-refractivity contribution in [3.05, 3.63) is 63.7 Å². The molecule has 0 saturated carbocycles. The van der Waals surface area contributed by atoms with Crippen molar-refractivity contribution in [2.45, 2.75) is 26.9 Å². The van der Waals surface area contributed by atoms with Gasteiger partial charge in [-0.1, -0.05) is 41.4 Å². The predicted octanol–water partition coefficient (Wildman–Crippen LogP) is 4.04. The molecule has 0 aliphatic heterocycles. The summed E-state index contributed by atoms with van der Waals surface area (Å²) in [6.07, 6.45) is 0.830. The van der Waals surface area contributed by atoms with Crippen molar-refractivity contribution < 1.29 is 4.74 Å². The molecular formula is C17H20ClNO. The van der Waals surface area contributed by atoms with Crippen molar-refractivity contribution in [3.63, 3.8) is 0 Å². The Hall–Kier alpha value is -1.51. The zero-order valence-electron chi connectivity index (χ0n) is 11.9. The lowest BCUT2D eigenvalue weighted by Crippen LogP contribution is -2.03. The Labute approximate surface area is 125 Å². The van der Waals surface area contributed by atoms with E-state index in [2.05, 4.69) is 32.0 Å². The summed E-state index contributed by atoms with van der Waals surface area (Å²) in [5.41, 5.74) is 10.3. The lowest BCUT2D eigenvalue weighted by atomic mass is 10.1. The molecule has 0 atom stereocenters. The Morgan fingerprint density at radius 2 is 1.90 bits per heavy atom. The van der Waals surface area contributed by atoms with E-state index in [1.807, 2.05) is 18.2 Å². The van der Waals surface area contributed by atoms with E-state index in [0.29, 0.717) is 23.9 Å². The van der Waals surface area contributed by atoms with E-state index >= 15 is 0 Å². The molecule has 0 fully saturated rings. The van der Waals surface area contributed by atoms with Crippen LogP contribution in [0.25, 0.3) is 0 Å². The van der Waals surface area contributed by atoms with Gasteiger partial charge >= 0.3 is 0 Å². The van der Waals surface area contributed by atoms with Crippen LogP contribution >= 0.6 is 11.6 Å². The summed E-state index contributed by atoms with van der Waals surface area (Å²) < 4.78 is 5.83. The third-order valence-electron chi connectivity index (χ3n) is 3.32. The molecule has 2 aromatic rings. The molecule has 106 valence electrons. The molecule has 2 N–H and O–H groups in total. The number of benzene rings is 2. The lowest BCUT2D eigenvalue weighted by Gasteiger charge is -2.11. The average Bonchev–Trinajstić information content (AvgIpc) is 2.42. The third kappa shape index (κ3) is 3.75. The molecule has 0 aliphatic carbocycles. The SMILES string of the molecule is Cc1ccc(C)c(COc2ccc(CCN)cc2Cl)c1. The van der Waals surface area contributed by atoms with Gasteiger partial charge in [0.25, 0.3) is 0 Å². The first-order valence-corrected chi connectivity index (χ1v) is 7.15. The van der Waals surface area contributed by atoms with E-state index in [9.17, 15) is 0 Å². The molecular weight excluding hydrogens is 270 g/mol. The van der Waals surface area contributed by atoms with Gasteiger partial charge in [0.15, 0.2) is 0 Å². The summed E-state index contributed by atoms with van der Waals surface area (Å²) in [5, 5.41) is 0.640. The number of nitrogens with two attached hydrogens (primary N) is 1. The monoisotopic (exact) mass is 289 g/mol. The van der Waals surface area contributed by atoms with Gasteiger partial charge in [0.05, 0.1) is 5.02 Å². The quantitative estimate of drug-likeness (QED) is 0.902. The Bertz CT molecular complexity index is 596. The largest absolute Gasteiger partial charge is 0.487 e. The third-order valence-corrected chi connectivity index (χ3v) is 3.61. The first-order chi connectivity index (χ1) is 9.60. The zero-order chi connectivity index (χ0) is 14.5. The highest BCUT2D eigenvalue weighted by Gasteiger charge is 2.05. The van der Waals surface area contributed by atoms with Crippen LogP contribution in [0.1, 0.15) is 22.3 Å². The molecule has 2 nitrogen and oxygen atoms in total. The van der Waals surface area contributed by atoms with Crippen LogP contribution in [0.2, 0.25) is 5.02 Å². The molecule has 0 spiro atoms. The summed E-state index contributed by atoms with van der Waals surface area (Å²) >= 11 is 6.24. The minimum Gasteiger partial charge on any atom is -0.487 e. The molecule has 0 saturated heterocycles. The van der Waals surface area contributed by atoms with Gasteiger partial charge in [0.1, 0.15) is 12.4 Å².